The summed E-state index contributed by atoms with van der Waals surface area (Å²) in [6.07, 6.45) is 0.319. The molecule has 0 spiro atoms. The summed E-state index contributed by atoms with van der Waals surface area (Å²) in [6.45, 7) is 14.0. The van der Waals surface area contributed by atoms with E-state index in [0.29, 0.717) is 6.42 Å². The van der Waals surface area contributed by atoms with Crippen LogP contribution in [0.3, 0.4) is 0 Å². The van der Waals surface area contributed by atoms with Gasteiger partial charge in [-0.1, -0.05) is 25.3 Å². The van der Waals surface area contributed by atoms with E-state index in [1.807, 2.05) is 54.8 Å². The third kappa shape index (κ3) is 2.28. The van der Waals surface area contributed by atoms with Gasteiger partial charge in [0.05, 0.1) is 17.8 Å². The Kier molecular flexibility index (Phi) is 3.47. The van der Waals surface area contributed by atoms with Crippen molar-refractivity contribution in [3.8, 4) is 0 Å². The maximum Gasteiger partial charge on any atom is 0.233 e. The highest BCUT2D eigenvalue weighted by Gasteiger charge is 2.29. The topological polar surface area (TPSA) is 23.6 Å². The van der Waals surface area contributed by atoms with Gasteiger partial charge in [0.1, 0.15) is 0 Å². The van der Waals surface area contributed by atoms with E-state index in [9.17, 15) is 4.79 Å². The monoisotopic (exact) mass is 256 g/mol. The Balaban J connectivity index is 2.66. The lowest BCUT2D eigenvalue weighted by Crippen LogP contribution is -2.36. The lowest BCUT2D eigenvalue weighted by Gasteiger charge is -2.29. The van der Waals surface area contributed by atoms with Crippen molar-refractivity contribution in [3.05, 3.63) is 48.8 Å². The number of carbonyl (C=O) groups is 1. The molecule has 0 saturated heterocycles. The molecule has 0 aromatic heterocycles. The molecule has 0 atom stereocenters. The van der Waals surface area contributed by atoms with Gasteiger partial charge in [-0.2, -0.15) is 0 Å². The highest BCUT2D eigenvalue weighted by molar-refractivity contribution is 6.01. The van der Waals surface area contributed by atoms with Crippen molar-refractivity contribution >= 4 is 17.3 Å². The maximum atomic E-state index is 12.4. The Hall–Kier alpha value is -2.03. The fraction of sp³-hybridized carbons (Fsp3) is 0.312. The van der Waals surface area contributed by atoms with Crippen LogP contribution in [0.25, 0.3) is 0 Å². The van der Waals surface area contributed by atoms with E-state index < -0.39 is 0 Å². The first-order valence-electron chi connectivity index (χ1n) is 6.48. The molecule has 0 saturated carbocycles. The summed E-state index contributed by atoms with van der Waals surface area (Å²) in [6, 6.07) is 8.01. The zero-order valence-electron chi connectivity index (χ0n) is 11.8. The van der Waals surface area contributed by atoms with Crippen LogP contribution in [-0.4, -0.2) is 11.9 Å². The Labute approximate surface area is 114 Å². The zero-order chi connectivity index (χ0) is 14.2. The third-order valence-electron chi connectivity index (χ3n) is 3.22. The molecule has 0 bridgehead atoms. The van der Waals surface area contributed by atoms with Crippen molar-refractivity contribution in [2.45, 2.75) is 33.2 Å². The molecule has 1 amide bonds. The molecule has 0 radical (unpaired) electrons. The van der Waals surface area contributed by atoms with Gasteiger partial charge in [-0.15, -0.1) is 0 Å². The third-order valence-corrected chi connectivity index (χ3v) is 3.22. The number of para-hydroxylation sites is 2. The van der Waals surface area contributed by atoms with Crippen molar-refractivity contribution in [1.82, 2.24) is 0 Å². The van der Waals surface area contributed by atoms with Crippen molar-refractivity contribution in [2.75, 3.05) is 9.80 Å². The number of amides is 1. The smallest absolute Gasteiger partial charge is 0.233 e. The number of fused-ring (bicyclic) bond motifs is 1. The summed E-state index contributed by atoms with van der Waals surface area (Å²) >= 11 is 0. The molecule has 3 nitrogen and oxygen atoms in total. The molecule has 1 aliphatic heterocycles. The molecule has 0 aliphatic carbocycles. The fourth-order valence-electron chi connectivity index (χ4n) is 2.54. The summed E-state index contributed by atoms with van der Waals surface area (Å²) < 4.78 is 0. The lowest BCUT2D eigenvalue weighted by molar-refractivity contribution is -0.118. The van der Waals surface area contributed by atoms with E-state index >= 15 is 0 Å². The van der Waals surface area contributed by atoms with Gasteiger partial charge in [0.25, 0.3) is 0 Å². The molecule has 1 aromatic rings. The van der Waals surface area contributed by atoms with Crippen LogP contribution in [0.4, 0.5) is 11.4 Å². The van der Waals surface area contributed by atoms with Crippen LogP contribution in [0.5, 0.6) is 0 Å². The van der Waals surface area contributed by atoms with E-state index in [2.05, 4.69) is 13.2 Å². The van der Waals surface area contributed by atoms with Gasteiger partial charge in [-0.05, 0) is 32.9 Å². The van der Waals surface area contributed by atoms with E-state index in [1.165, 1.54) is 0 Å². The molecular formula is C16H20N2O. The molecule has 0 N–H and O–H groups in total. The van der Waals surface area contributed by atoms with Gasteiger partial charge in [-0.25, -0.2) is 0 Å². The van der Waals surface area contributed by atoms with Gasteiger partial charge in [-0.3, -0.25) is 4.79 Å². The SMILES string of the molecule is C=C(C)N1C(=C)CC(=O)N(C(C)C)c2ccccc21. The Bertz CT molecular complexity index is 545. The Morgan fingerprint density at radius 2 is 1.84 bits per heavy atom. The van der Waals surface area contributed by atoms with E-state index in [1.54, 1.807) is 0 Å². The first kappa shape index (κ1) is 13.4. The van der Waals surface area contributed by atoms with Gasteiger partial charge in [0.15, 0.2) is 0 Å². The van der Waals surface area contributed by atoms with Gasteiger partial charge < -0.3 is 9.80 Å². The van der Waals surface area contributed by atoms with Crippen LogP contribution >= 0.6 is 0 Å². The van der Waals surface area contributed by atoms with E-state index in [4.69, 9.17) is 0 Å². The van der Waals surface area contributed by atoms with Crippen LogP contribution in [0.2, 0.25) is 0 Å². The highest BCUT2D eigenvalue weighted by Crippen LogP contribution is 2.38. The van der Waals surface area contributed by atoms with Crippen LogP contribution in [0, 0.1) is 0 Å². The number of hydrogen-bond acceptors (Lipinski definition) is 2. The average Bonchev–Trinajstić information content (AvgIpc) is 2.40. The average molecular weight is 256 g/mol. The summed E-state index contributed by atoms with van der Waals surface area (Å²) in [5.41, 5.74) is 3.53. The molecule has 19 heavy (non-hydrogen) atoms. The largest absolute Gasteiger partial charge is 0.317 e. The predicted molar refractivity (Wildman–Crippen MR) is 80.1 cm³/mol. The van der Waals surface area contributed by atoms with Crippen LogP contribution in [-0.2, 0) is 4.79 Å². The predicted octanol–water partition coefficient (Wildman–Crippen LogP) is 3.69. The number of rotatable bonds is 2. The molecule has 1 heterocycles. The van der Waals surface area contributed by atoms with Gasteiger partial charge in [0.2, 0.25) is 5.91 Å². The molecule has 2 rings (SSSR count). The van der Waals surface area contributed by atoms with Crippen LogP contribution in [0.15, 0.2) is 48.8 Å². The Morgan fingerprint density at radius 1 is 1.26 bits per heavy atom. The van der Waals surface area contributed by atoms with Crippen molar-refractivity contribution < 1.29 is 4.79 Å². The molecule has 3 heteroatoms. The van der Waals surface area contributed by atoms with E-state index in [-0.39, 0.29) is 11.9 Å². The number of benzene rings is 1. The van der Waals surface area contributed by atoms with Crippen LogP contribution < -0.4 is 9.80 Å². The summed E-state index contributed by atoms with van der Waals surface area (Å²) in [5, 5.41) is 0. The number of hydrogen-bond donors (Lipinski definition) is 0. The number of carbonyl (C=O) groups excluding carboxylic acids is 1. The van der Waals surface area contributed by atoms with Gasteiger partial charge in [0, 0.05) is 17.4 Å². The second-order valence-corrected chi connectivity index (χ2v) is 5.16. The molecule has 1 aliphatic rings. The maximum absolute atomic E-state index is 12.4. The summed E-state index contributed by atoms with van der Waals surface area (Å²) in [5.74, 6) is 0.0798. The van der Waals surface area contributed by atoms with Crippen molar-refractivity contribution in [3.63, 3.8) is 0 Å². The van der Waals surface area contributed by atoms with Crippen LogP contribution in [0.1, 0.15) is 27.2 Å². The highest BCUT2D eigenvalue weighted by atomic mass is 16.2. The zero-order valence-corrected chi connectivity index (χ0v) is 11.8. The molecule has 1 aromatic carbocycles. The second-order valence-electron chi connectivity index (χ2n) is 5.16. The quantitative estimate of drug-likeness (QED) is 0.805. The lowest BCUT2D eigenvalue weighted by atomic mass is 10.2. The minimum Gasteiger partial charge on any atom is -0.317 e. The van der Waals surface area contributed by atoms with Gasteiger partial charge >= 0.3 is 0 Å². The van der Waals surface area contributed by atoms with E-state index in [0.717, 1.165) is 22.8 Å². The first-order valence-corrected chi connectivity index (χ1v) is 6.48. The normalized spacial score (nSPS) is 15.6. The molecule has 0 unspecified atom stereocenters. The second kappa shape index (κ2) is 4.92. The number of anilines is 2. The molecule has 0 fully saturated rings. The summed E-state index contributed by atoms with van der Waals surface area (Å²) in [7, 11) is 0. The number of allylic oxidation sites excluding steroid dienone is 1. The fourth-order valence-corrected chi connectivity index (χ4v) is 2.54. The number of nitrogens with zero attached hydrogens (tertiary/aromatic N) is 2. The summed E-state index contributed by atoms with van der Waals surface area (Å²) in [4.78, 5) is 16.2. The first-order chi connectivity index (χ1) is 8.93. The molecular weight excluding hydrogens is 236 g/mol. The van der Waals surface area contributed by atoms with Crippen molar-refractivity contribution in [2.24, 2.45) is 0 Å². The van der Waals surface area contributed by atoms with Crippen molar-refractivity contribution in [1.29, 1.82) is 0 Å². The minimum absolute atomic E-state index is 0.0798. The standard InChI is InChI=1S/C16H20N2O/c1-11(2)17-13(5)10-16(19)18(12(3)4)15-9-7-6-8-14(15)17/h6-9,12H,1,5,10H2,2-4H3. The Morgan fingerprint density at radius 3 is 2.37 bits per heavy atom. The molecule has 100 valence electrons. The minimum atomic E-state index is 0.0798.